The second-order valence-electron chi connectivity index (χ2n) is 5.94. The number of hydrogen-bond acceptors (Lipinski definition) is 8. The molecule has 0 fully saturated rings. The molecule has 0 atom stereocenters. The first kappa shape index (κ1) is 16.1. The average Bonchev–Trinajstić information content (AvgIpc) is 3.15. The topological polar surface area (TPSA) is 148 Å². The number of nitrogens with two attached hydrogens (primary N) is 1. The number of aryl methyl sites for hydroxylation is 1. The summed E-state index contributed by atoms with van der Waals surface area (Å²) in [6, 6.07) is 0. The first-order valence-corrected chi connectivity index (χ1v) is 8.32. The number of aromatic nitrogens is 7. The molecule has 3 aromatic rings. The Labute approximate surface area is 148 Å². The van der Waals surface area contributed by atoms with Gasteiger partial charge in [0.15, 0.2) is 0 Å². The van der Waals surface area contributed by atoms with Gasteiger partial charge in [0.25, 0.3) is 5.91 Å². The van der Waals surface area contributed by atoms with E-state index in [1.165, 1.54) is 0 Å². The number of nitrogen functional groups attached to an aromatic ring is 1. The van der Waals surface area contributed by atoms with E-state index in [0.717, 1.165) is 36.9 Å². The van der Waals surface area contributed by atoms with Crippen molar-refractivity contribution in [2.45, 2.75) is 32.2 Å². The molecule has 0 saturated carbocycles. The standard InChI is InChI=1S/C16H17N9O/c17-16-21-10-4-2-1-3-9(10)13(23-16)15(26)20-8-12-22-14(25-24-12)11-7-18-5-6-19-11/h5-7H,1-4,8H2,(H,20,26)(H2,17,21,23)(H,22,24,25). The number of fused-ring (bicyclic) bond motifs is 1. The predicted molar refractivity (Wildman–Crippen MR) is 91.7 cm³/mol. The van der Waals surface area contributed by atoms with E-state index in [1.54, 1.807) is 18.6 Å². The summed E-state index contributed by atoms with van der Waals surface area (Å²) in [7, 11) is 0. The van der Waals surface area contributed by atoms with Crippen molar-refractivity contribution in [3.05, 3.63) is 41.4 Å². The Morgan fingerprint density at radius 2 is 2.08 bits per heavy atom. The van der Waals surface area contributed by atoms with Crippen LogP contribution >= 0.6 is 0 Å². The van der Waals surface area contributed by atoms with E-state index in [2.05, 4.69) is 40.4 Å². The summed E-state index contributed by atoms with van der Waals surface area (Å²) < 4.78 is 0. The van der Waals surface area contributed by atoms with Crippen molar-refractivity contribution in [2.75, 3.05) is 5.73 Å². The fraction of sp³-hybridized carbons (Fsp3) is 0.312. The first-order valence-electron chi connectivity index (χ1n) is 8.32. The number of H-pyrrole nitrogens is 1. The van der Waals surface area contributed by atoms with Crippen LogP contribution in [0.1, 0.15) is 40.4 Å². The molecule has 132 valence electrons. The van der Waals surface area contributed by atoms with E-state index in [9.17, 15) is 4.79 Å². The smallest absolute Gasteiger partial charge is 0.270 e. The summed E-state index contributed by atoms with van der Waals surface area (Å²) in [5.74, 6) is 0.760. The van der Waals surface area contributed by atoms with Crippen LogP contribution in [0.3, 0.4) is 0 Å². The largest absolute Gasteiger partial charge is 0.368 e. The van der Waals surface area contributed by atoms with Gasteiger partial charge in [0, 0.05) is 23.7 Å². The van der Waals surface area contributed by atoms with Crippen molar-refractivity contribution in [1.29, 1.82) is 0 Å². The Bertz CT molecular complexity index is 938. The lowest BCUT2D eigenvalue weighted by Gasteiger charge is -2.17. The van der Waals surface area contributed by atoms with E-state index >= 15 is 0 Å². The summed E-state index contributed by atoms with van der Waals surface area (Å²) in [6.07, 6.45) is 8.39. The second kappa shape index (κ2) is 6.82. The summed E-state index contributed by atoms with van der Waals surface area (Å²) in [5.41, 5.74) is 8.42. The van der Waals surface area contributed by atoms with Crippen LogP contribution in [-0.4, -0.2) is 41.0 Å². The molecule has 10 heteroatoms. The van der Waals surface area contributed by atoms with E-state index in [1.807, 2.05) is 0 Å². The maximum absolute atomic E-state index is 12.6. The minimum absolute atomic E-state index is 0.125. The molecule has 3 heterocycles. The lowest BCUT2D eigenvalue weighted by molar-refractivity contribution is 0.0943. The van der Waals surface area contributed by atoms with Gasteiger partial charge in [0.2, 0.25) is 11.8 Å². The van der Waals surface area contributed by atoms with Crippen LogP contribution in [0.25, 0.3) is 11.5 Å². The Balaban J connectivity index is 1.48. The zero-order valence-corrected chi connectivity index (χ0v) is 13.9. The molecule has 0 unspecified atom stereocenters. The molecule has 0 aromatic carbocycles. The molecule has 4 rings (SSSR count). The molecular weight excluding hydrogens is 334 g/mol. The first-order chi connectivity index (χ1) is 12.7. The number of amides is 1. The Morgan fingerprint density at radius 1 is 1.19 bits per heavy atom. The molecule has 1 aliphatic carbocycles. The van der Waals surface area contributed by atoms with Gasteiger partial charge in [0.05, 0.1) is 12.7 Å². The van der Waals surface area contributed by atoms with Crippen LogP contribution in [0.5, 0.6) is 0 Å². The minimum atomic E-state index is -0.297. The van der Waals surface area contributed by atoms with Crippen molar-refractivity contribution >= 4 is 11.9 Å². The number of carbonyl (C=O) groups is 1. The number of hydrogen-bond donors (Lipinski definition) is 3. The lowest BCUT2D eigenvalue weighted by Crippen LogP contribution is -2.28. The van der Waals surface area contributed by atoms with Crippen LogP contribution in [0.15, 0.2) is 18.6 Å². The van der Waals surface area contributed by atoms with Gasteiger partial charge in [-0.05, 0) is 25.7 Å². The van der Waals surface area contributed by atoms with Crippen molar-refractivity contribution in [3.8, 4) is 11.5 Å². The third-order valence-corrected chi connectivity index (χ3v) is 4.16. The molecule has 0 saturated heterocycles. The third kappa shape index (κ3) is 3.21. The monoisotopic (exact) mass is 351 g/mol. The highest BCUT2D eigenvalue weighted by molar-refractivity contribution is 5.94. The number of aromatic amines is 1. The number of anilines is 1. The second-order valence-corrected chi connectivity index (χ2v) is 5.94. The molecule has 0 aliphatic heterocycles. The predicted octanol–water partition coefficient (Wildman–Crippen LogP) is 0.443. The minimum Gasteiger partial charge on any atom is -0.368 e. The van der Waals surface area contributed by atoms with Gasteiger partial charge in [-0.15, -0.1) is 0 Å². The van der Waals surface area contributed by atoms with Crippen molar-refractivity contribution in [1.82, 2.24) is 40.4 Å². The van der Waals surface area contributed by atoms with Gasteiger partial charge in [-0.1, -0.05) is 0 Å². The lowest BCUT2D eigenvalue weighted by atomic mass is 9.94. The van der Waals surface area contributed by atoms with Gasteiger partial charge in [-0.25, -0.2) is 19.9 Å². The molecular formula is C16H17N9O. The molecule has 26 heavy (non-hydrogen) atoms. The molecule has 0 bridgehead atoms. The van der Waals surface area contributed by atoms with Gasteiger partial charge in [-0.3, -0.25) is 14.9 Å². The average molecular weight is 351 g/mol. The Hall–Kier alpha value is -3.43. The van der Waals surface area contributed by atoms with Crippen molar-refractivity contribution in [3.63, 3.8) is 0 Å². The van der Waals surface area contributed by atoms with Gasteiger partial charge in [-0.2, -0.15) is 5.10 Å². The van der Waals surface area contributed by atoms with Crippen molar-refractivity contribution in [2.24, 2.45) is 0 Å². The van der Waals surface area contributed by atoms with Crippen LogP contribution in [-0.2, 0) is 19.4 Å². The van der Waals surface area contributed by atoms with Gasteiger partial charge >= 0.3 is 0 Å². The number of nitrogens with zero attached hydrogens (tertiary/aromatic N) is 6. The molecule has 1 aliphatic rings. The summed E-state index contributed by atoms with van der Waals surface area (Å²) in [4.78, 5) is 33.4. The molecule has 0 radical (unpaired) electrons. The summed E-state index contributed by atoms with van der Waals surface area (Å²) >= 11 is 0. The normalized spacial score (nSPS) is 13.2. The van der Waals surface area contributed by atoms with E-state index < -0.39 is 0 Å². The van der Waals surface area contributed by atoms with E-state index in [4.69, 9.17) is 5.73 Å². The van der Waals surface area contributed by atoms with E-state index in [-0.39, 0.29) is 18.4 Å². The number of carbonyl (C=O) groups excluding carboxylic acids is 1. The molecule has 0 spiro atoms. The third-order valence-electron chi connectivity index (χ3n) is 4.16. The Morgan fingerprint density at radius 3 is 2.92 bits per heavy atom. The van der Waals surface area contributed by atoms with Crippen LogP contribution in [0, 0.1) is 0 Å². The fourth-order valence-electron chi connectivity index (χ4n) is 2.95. The maximum Gasteiger partial charge on any atom is 0.270 e. The van der Waals surface area contributed by atoms with Crippen LogP contribution < -0.4 is 11.1 Å². The van der Waals surface area contributed by atoms with Crippen LogP contribution in [0.2, 0.25) is 0 Å². The summed E-state index contributed by atoms with van der Waals surface area (Å²) in [6.45, 7) is 0.185. The highest BCUT2D eigenvalue weighted by Gasteiger charge is 2.21. The van der Waals surface area contributed by atoms with Crippen molar-refractivity contribution < 1.29 is 4.79 Å². The zero-order valence-electron chi connectivity index (χ0n) is 13.9. The highest BCUT2D eigenvalue weighted by atomic mass is 16.1. The zero-order chi connectivity index (χ0) is 17.9. The fourth-order valence-corrected chi connectivity index (χ4v) is 2.95. The number of rotatable bonds is 4. The van der Waals surface area contributed by atoms with Gasteiger partial charge < -0.3 is 11.1 Å². The van der Waals surface area contributed by atoms with E-state index in [0.29, 0.717) is 23.0 Å². The maximum atomic E-state index is 12.6. The molecule has 1 amide bonds. The molecule has 10 nitrogen and oxygen atoms in total. The number of nitrogens with one attached hydrogen (secondary N) is 2. The molecule has 4 N–H and O–H groups in total. The Kier molecular flexibility index (Phi) is 4.22. The highest BCUT2D eigenvalue weighted by Crippen LogP contribution is 2.22. The quantitative estimate of drug-likeness (QED) is 0.613. The SMILES string of the molecule is Nc1nc2c(c(C(=O)NCc3nc(-c4cnccn4)n[nH]3)n1)CCCC2. The van der Waals surface area contributed by atoms with Gasteiger partial charge in [0.1, 0.15) is 17.2 Å². The summed E-state index contributed by atoms with van der Waals surface area (Å²) in [5, 5.41) is 9.67. The van der Waals surface area contributed by atoms with Crippen LogP contribution in [0.4, 0.5) is 5.95 Å². The molecule has 3 aromatic heterocycles.